The second-order valence-electron chi connectivity index (χ2n) is 5.23. The standard InChI is InChI=1S/C15H16Br2N2S/c16-11-7-6-10(8-12(11)17)13-14(18)20-15(19-13)9-4-2-1-3-5-9/h6-9H,1-5,18H2. The number of thiazole rings is 1. The monoisotopic (exact) mass is 414 g/mol. The molecule has 2 nitrogen and oxygen atoms in total. The number of hydrogen-bond acceptors (Lipinski definition) is 3. The van der Waals surface area contributed by atoms with Crippen LogP contribution in [0.25, 0.3) is 11.3 Å². The highest BCUT2D eigenvalue weighted by molar-refractivity contribution is 9.13. The molecule has 1 aliphatic carbocycles. The van der Waals surface area contributed by atoms with Crippen LogP contribution in [0, 0.1) is 0 Å². The van der Waals surface area contributed by atoms with Gasteiger partial charge in [-0.1, -0.05) is 25.3 Å². The summed E-state index contributed by atoms with van der Waals surface area (Å²) in [5.41, 5.74) is 8.21. The maximum atomic E-state index is 6.20. The second-order valence-corrected chi connectivity index (χ2v) is 8.00. The third-order valence-electron chi connectivity index (χ3n) is 3.82. The Balaban J connectivity index is 1.93. The molecule has 0 saturated heterocycles. The number of rotatable bonds is 2. The highest BCUT2D eigenvalue weighted by Gasteiger charge is 2.21. The number of anilines is 1. The molecular weight excluding hydrogens is 400 g/mol. The van der Waals surface area contributed by atoms with Crippen LogP contribution in [0.3, 0.4) is 0 Å². The fourth-order valence-electron chi connectivity index (χ4n) is 2.72. The van der Waals surface area contributed by atoms with E-state index in [1.165, 1.54) is 37.1 Å². The van der Waals surface area contributed by atoms with Crippen LogP contribution in [0.4, 0.5) is 5.00 Å². The van der Waals surface area contributed by atoms with Gasteiger partial charge in [-0.15, -0.1) is 11.3 Å². The predicted molar refractivity (Wildman–Crippen MR) is 93.2 cm³/mol. The van der Waals surface area contributed by atoms with Crippen molar-refractivity contribution in [3.8, 4) is 11.3 Å². The van der Waals surface area contributed by atoms with E-state index in [9.17, 15) is 0 Å². The van der Waals surface area contributed by atoms with Crippen LogP contribution in [-0.4, -0.2) is 4.98 Å². The SMILES string of the molecule is Nc1sc(C2CCCCC2)nc1-c1ccc(Br)c(Br)c1. The molecule has 0 bridgehead atoms. The molecular formula is C15H16Br2N2S. The Labute approximate surface area is 140 Å². The molecule has 3 rings (SSSR count). The van der Waals surface area contributed by atoms with Crippen molar-refractivity contribution in [1.29, 1.82) is 0 Å². The summed E-state index contributed by atoms with van der Waals surface area (Å²) < 4.78 is 2.07. The Morgan fingerprint density at radius 3 is 2.55 bits per heavy atom. The maximum Gasteiger partial charge on any atom is 0.114 e. The first kappa shape index (κ1) is 14.5. The Hall–Kier alpha value is -0.390. The molecule has 1 aliphatic rings. The zero-order valence-corrected chi connectivity index (χ0v) is 15.0. The topological polar surface area (TPSA) is 38.9 Å². The largest absolute Gasteiger partial charge is 0.389 e. The van der Waals surface area contributed by atoms with Gasteiger partial charge in [0, 0.05) is 20.4 Å². The fraction of sp³-hybridized carbons (Fsp3) is 0.400. The van der Waals surface area contributed by atoms with Crippen LogP contribution in [-0.2, 0) is 0 Å². The van der Waals surface area contributed by atoms with Crippen LogP contribution in [0.5, 0.6) is 0 Å². The third-order valence-corrected chi connectivity index (χ3v) is 6.74. The molecule has 20 heavy (non-hydrogen) atoms. The van der Waals surface area contributed by atoms with Crippen molar-refractivity contribution in [2.45, 2.75) is 38.0 Å². The number of aromatic nitrogens is 1. The van der Waals surface area contributed by atoms with Crippen molar-refractivity contribution in [3.63, 3.8) is 0 Å². The molecule has 1 fully saturated rings. The number of hydrogen-bond donors (Lipinski definition) is 1. The Morgan fingerprint density at radius 2 is 1.85 bits per heavy atom. The van der Waals surface area contributed by atoms with Gasteiger partial charge in [-0.3, -0.25) is 0 Å². The van der Waals surface area contributed by atoms with Gasteiger partial charge in [0.25, 0.3) is 0 Å². The Bertz CT molecular complexity index is 618. The summed E-state index contributed by atoms with van der Waals surface area (Å²) >= 11 is 8.70. The molecule has 1 aromatic heterocycles. The van der Waals surface area contributed by atoms with E-state index in [1.807, 2.05) is 6.07 Å². The number of nitrogens with zero attached hydrogens (tertiary/aromatic N) is 1. The minimum absolute atomic E-state index is 0.615. The summed E-state index contributed by atoms with van der Waals surface area (Å²) in [5.74, 6) is 0.615. The molecule has 1 saturated carbocycles. The summed E-state index contributed by atoms with van der Waals surface area (Å²) in [4.78, 5) is 4.83. The van der Waals surface area contributed by atoms with Crippen molar-refractivity contribution in [1.82, 2.24) is 4.98 Å². The maximum absolute atomic E-state index is 6.20. The quantitative estimate of drug-likeness (QED) is 0.656. The van der Waals surface area contributed by atoms with Gasteiger partial charge in [0.05, 0.1) is 5.01 Å². The van der Waals surface area contributed by atoms with Gasteiger partial charge in [-0.25, -0.2) is 4.98 Å². The summed E-state index contributed by atoms with van der Waals surface area (Å²) in [7, 11) is 0. The minimum Gasteiger partial charge on any atom is -0.389 e. The lowest BCUT2D eigenvalue weighted by atomic mass is 9.90. The summed E-state index contributed by atoms with van der Waals surface area (Å²) in [6.07, 6.45) is 6.53. The minimum atomic E-state index is 0.615. The fourth-order valence-corrected chi connectivity index (χ4v) is 4.37. The van der Waals surface area contributed by atoms with Crippen LogP contribution < -0.4 is 5.73 Å². The predicted octanol–water partition coefficient (Wildman–Crippen LogP) is 5.97. The number of benzene rings is 1. The van der Waals surface area contributed by atoms with Gasteiger partial charge in [0.1, 0.15) is 10.7 Å². The summed E-state index contributed by atoms with van der Waals surface area (Å²) in [6, 6.07) is 6.16. The third kappa shape index (κ3) is 2.95. The van der Waals surface area contributed by atoms with Crippen molar-refractivity contribution < 1.29 is 0 Å². The molecule has 0 atom stereocenters. The number of halogens is 2. The average Bonchev–Trinajstić information content (AvgIpc) is 2.85. The highest BCUT2D eigenvalue weighted by atomic mass is 79.9. The highest BCUT2D eigenvalue weighted by Crippen LogP contribution is 2.40. The van der Waals surface area contributed by atoms with E-state index in [1.54, 1.807) is 11.3 Å². The van der Waals surface area contributed by atoms with Gasteiger partial charge < -0.3 is 5.73 Å². The molecule has 0 spiro atoms. The van der Waals surface area contributed by atoms with Crippen molar-refractivity contribution in [2.75, 3.05) is 5.73 Å². The molecule has 0 unspecified atom stereocenters. The molecule has 1 aromatic carbocycles. The Kier molecular flexibility index (Phi) is 4.48. The molecule has 0 amide bonds. The van der Waals surface area contributed by atoms with E-state index >= 15 is 0 Å². The first-order valence-corrected chi connectivity index (χ1v) is 9.27. The zero-order chi connectivity index (χ0) is 14.1. The van der Waals surface area contributed by atoms with Gasteiger partial charge >= 0.3 is 0 Å². The van der Waals surface area contributed by atoms with E-state index < -0.39 is 0 Å². The first-order valence-electron chi connectivity index (χ1n) is 6.87. The molecule has 5 heteroatoms. The van der Waals surface area contributed by atoms with Gasteiger partial charge in [0.2, 0.25) is 0 Å². The van der Waals surface area contributed by atoms with E-state index in [2.05, 4.69) is 44.0 Å². The summed E-state index contributed by atoms with van der Waals surface area (Å²) in [5, 5.41) is 2.05. The number of nitrogens with two attached hydrogens (primary N) is 1. The Morgan fingerprint density at radius 1 is 1.10 bits per heavy atom. The molecule has 2 aromatic rings. The lowest BCUT2D eigenvalue weighted by molar-refractivity contribution is 0.442. The molecule has 1 heterocycles. The summed E-state index contributed by atoms with van der Waals surface area (Å²) in [6.45, 7) is 0. The molecule has 0 radical (unpaired) electrons. The number of nitrogen functional groups attached to an aromatic ring is 1. The van der Waals surface area contributed by atoms with Gasteiger partial charge in [-0.05, 0) is 56.8 Å². The first-order chi connectivity index (χ1) is 9.65. The van der Waals surface area contributed by atoms with Crippen LogP contribution in [0.1, 0.15) is 43.0 Å². The lowest BCUT2D eigenvalue weighted by Crippen LogP contribution is -2.03. The van der Waals surface area contributed by atoms with E-state index in [0.29, 0.717) is 5.92 Å². The normalized spacial score (nSPS) is 16.5. The molecule has 106 valence electrons. The average molecular weight is 416 g/mol. The lowest BCUT2D eigenvalue weighted by Gasteiger charge is -2.18. The molecule has 0 aliphatic heterocycles. The van der Waals surface area contributed by atoms with E-state index in [0.717, 1.165) is 25.2 Å². The van der Waals surface area contributed by atoms with E-state index in [4.69, 9.17) is 10.7 Å². The second kappa shape index (κ2) is 6.16. The van der Waals surface area contributed by atoms with Crippen LogP contribution in [0.15, 0.2) is 27.1 Å². The van der Waals surface area contributed by atoms with Crippen molar-refractivity contribution >= 4 is 48.2 Å². The van der Waals surface area contributed by atoms with Gasteiger partial charge in [-0.2, -0.15) is 0 Å². The van der Waals surface area contributed by atoms with Gasteiger partial charge in [0.15, 0.2) is 0 Å². The van der Waals surface area contributed by atoms with Crippen LogP contribution >= 0.6 is 43.2 Å². The zero-order valence-electron chi connectivity index (χ0n) is 11.0. The van der Waals surface area contributed by atoms with Crippen LogP contribution in [0.2, 0.25) is 0 Å². The van der Waals surface area contributed by atoms with Crippen molar-refractivity contribution in [3.05, 3.63) is 32.2 Å². The molecule has 2 N–H and O–H groups in total. The van der Waals surface area contributed by atoms with Crippen molar-refractivity contribution in [2.24, 2.45) is 0 Å². The smallest absolute Gasteiger partial charge is 0.114 e. The van der Waals surface area contributed by atoms with E-state index in [-0.39, 0.29) is 0 Å².